The number of hydrogen-bond donors (Lipinski definition) is 1. The summed E-state index contributed by atoms with van der Waals surface area (Å²) >= 11 is 1.55. The third-order valence-electron chi connectivity index (χ3n) is 5.14. The number of nitrogens with zero attached hydrogens (tertiary/aromatic N) is 3. The zero-order valence-electron chi connectivity index (χ0n) is 18.9. The van der Waals surface area contributed by atoms with Crippen LogP contribution in [0.25, 0.3) is 21.8 Å². The molecular formula is C25H24N4O4S. The maximum Gasteiger partial charge on any atom is 0.267 e. The fourth-order valence-electron chi connectivity index (χ4n) is 3.29. The first-order valence-electron chi connectivity index (χ1n) is 10.6. The lowest BCUT2D eigenvalue weighted by molar-refractivity contribution is -0.121. The Morgan fingerprint density at radius 2 is 1.59 bits per heavy atom. The molecule has 0 aliphatic carbocycles. The van der Waals surface area contributed by atoms with E-state index in [-0.39, 0.29) is 18.0 Å². The number of hydrogen-bond acceptors (Lipinski definition) is 7. The molecule has 4 rings (SSSR count). The van der Waals surface area contributed by atoms with Crippen LogP contribution in [0.15, 0.2) is 70.8 Å². The Morgan fingerprint density at radius 3 is 2.24 bits per heavy atom. The number of nitrogens with one attached hydrogen (secondary N) is 1. The Balaban J connectivity index is 1.32. The third-order valence-corrected chi connectivity index (χ3v) is 6.08. The molecule has 0 bridgehead atoms. The van der Waals surface area contributed by atoms with Crippen molar-refractivity contribution in [3.63, 3.8) is 0 Å². The quantitative estimate of drug-likeness (QED) is 0.398. The van der Waals surface area contributed by atoms with Crippen LogP contribution in [-0.2, 0) is 17.8 Å². The van der Waals surface area contributed by atoms with Crippen LogP contribution < -0.4 is 20.3 Å². The lowest BCUT2D eigenvalue weighted by atomic mass is 10.1. The van der Waals surface area contributed by atoms with Crippen LogP contribution in [-0.4, -0.2) is 41.4 Å². The molecule has 2 aromatic carbocycles. The van der Waals surface area contributed by atoms with Gasteiger partial charge in [-0.2, -0.15) is 5.10 Å². The summed E-state index contributed by atoms with van der Waals surface area (Å²) in [5.41, 5.74) is 3.00. The predicted molar refractivity (Wildman–Crippen MR) is 131 cm³/mol. The van der Waals surface area contributed by atoms with Crippen molar-refractivity contribution >= 4 is 17.2 Å². The lowest BCUT2D eigenvalue weighted by Crippen LogP contribution is -2.34. The average molecular weight is 477 g/mol. The van der Waals surface area contributed by atoms with E-state index in [0.717, 1.165) is 33.3 Å². The van der Waals surface area contributed by atoms with Gasteiger partial charge in [0.15, 0.2) is 0 Å². The summed E-state index contributed by atoms with van der Waals surface area (Å²) in [6.45, 7) is 0.258. The molecule has 1 amide bonds. The van der Waals surface area contributed by atoms with E-state index < -0.39 is 0 Å². The molecule has 0 atom stereocenters. The van der Waals surface area contributed by atoms with Crippen molar-refractivity contribution < 1.29 is 14.3 Å². The predicted octanol–water partition coefficient (Wildman–Crippen LogP) is 3.41. The molecule has 9 heteroatoms. The minimum absolute atomic E-state index is 0.156. The Morgan fingerprint density at radius 1 is 0.941 bits per heavy atom. The molecule has 0 fully saturated rings. The van der Waals surface area contributed by atoms with Crippen LogP contribution in [0.1, 0.15) is 5.69 Å². The van der Waals surface area contributed by atoms with E-state index in [1.807, 2.05) is 53.9 Å². The number of thiazole rings is 1. The van der Waals surface area contributed by atoms with Gasteiger partial charge in [0.1, 0.15) is 23.1 Å². The number of amides is 1. The number of carbonyl (C=O) groups is 1. The number of benzene rings is 2. The fourth-order valence-corrected chi connectivity index (χ4v) is 4.15. The Bertz CT molecular complexity index is 1310. The van der Waals surface area contributed by atoms with Crippen LogP contribution in [0, 0.1) is 0 Å². The molecular weight excluding hydrogens is 452 g/mol. The van der Waals surface area contributed by atoms with Gasteiger partial charge in [0, 0.05) is 35.5 Å². The molecule has 34 heavy (non-hydrogen) atoms. The maximum absolute atomic E-state index is 12.4. The van der Waals surface area contributed by atoms with Crippen LogP contribution in [0.4, 0.5) is 0 Å². The summed E-state index contributed by atoms with van der Waals surface area (Å²) in [7, 11) is 3.23. The number of ether oxygens (including phenoxy) is 2. The molecule has 0 aliphatic rings. The zero-order chi connectivity index (χ0) is 23.9. The summed E-state index contributed by atoms with van der Waals surface area (Å²) < 4.78 is 11.5. The average Bonchev–Trinajstić information content (AvgIpc) is 3.34. The summed E-state index contributed by atoms with van der Waals surface area (Å²) in [6.07, 6.45) is 0.590. The number of aromatic nitrogens is 3. The lowest BCUT2D eigenvalue weighted by Gasteiger charge is -2.08. The molecule has 4 aromatic rings. The maximum atomic E-state index is 12.4. The highest BCUT2D eigenvalue weighted by molar-refractivity contribution is 7.13. The SMILES string of the molecule is COc1ccc(-c2ccc(=O)n(CC(=O)NCCc3csc(-c4ccc(OC)cc4)n3)n2)cc1. The molecule has 0 aliphatic heterocycles. The number of methoxy groups -OCH3 is 2. The van der Waals surface area contributed by atoms with E-state index in [4.69, 9.17) is 9.47 Å². The van der Waals surface area contributed by atoms with Crippen molar-refractivity contribution in [2.24, 2.45) is 0 Å². The second-order valence-corrected chi connectivity index (χ2v) is 8.27. The molecule has 0 saturated heterocycles. The van der Waals surface area contributed by atoms with Crippen LogP contribution >= 0.6 is 11.3 Å². The highest BCUT2D eigenvalue weighted by Gasteiger charge is 2.10. The molecule has 1 N–H and O–H groups in total. The first kappa shape index (κ1) is 23.2. The first-order chi connectivity index (χ1) is 16.6. The molecule has 0 unspecified atom stereocenters. The largest absolute Gasteiger partial charge is 0.497 e. The molecule has 0 spiro atoms. The Labute approximate surface area is 200 Å². The van der Waals surface area contributed by atoms with Crippen molar-refractivity contribution in [2.75, 3.05) is 20.8 Å². The minimum Gasteiger partial charge on any atom is -0.497 e. The van der Waals surface area contributed by atoms with E-state index >= 15 is 0 Å². The van der Waals surface area contributed by atoms with Crippen molar-refractivity contribution in [3.05, 3.63) is 82.1 Å². The topological polar surface area (TPSA) is 95.3 Å². The normalized spacial score (nSPS) is 10.6. The number of carbonyl (C=O) groups excluding carboxylic acids is 1. The van der Waals surface area contributed by atoms with E-state index in [9.17, 15) is 9.59 Å². The summed E-state index contributed by atoms with van der Waals surface area (Å²) in [5, 5.41) is 10.1. The van der Waals surface area contributed by atoms with E-state index in [1.165, 1.54) is 10.7 Å². The molecule has 0 radical (unpaired) electrons. The third kappa shape index (κ3) is 5.68. The molecule has 2 heterocycles. The van der Waals surface area contributed by atoms with Gasteiger partial charge < -0.3 is 14.8 Å². The Kier molecular flexibility index (Phi) is 7.34. The minimum atomic E-state index is -0.337. The second kappa shape index (κ2) is 10.8. The highest BCUT2D eigenvalue weighted by Crippen LogP contribution is 2.25. The summed E-state index contributed by atoms with van der Waals surface area (Å²) in [5.74, 6) is 1.24. The van der Waals surface area contributed by atoms with Gasteiger partial charge in [0.25, 0.3) is 5.56 Å². The number of rotatable bonds is 9. The second-order valence-electron chi connectivity index (χ2n) is 7.42. The molecule has 2 aromatic heterocycles. The van der Waals surface area contributed by atoms with Crippen molar-refractivity contribution in [3.8, 4) is 33.3 Å². The van der Waals surface area contributed by atoms with Gasteiger partial charge in [-0.3, -0.25) is 9.59 Å². The van der Waals surface area contributed by atoms with Crippen LogP contribution in [0.3, 0.4) is 0 Å². The summed E-state index contributed by atoms with van der Waals surface area (Å²) in [6, 6.07) is 18.1. The molecule has 174 valence electrons. The monoisotopic (exact) mass is 476 g/mol. The highest BCUT2D eigenvalue weighted by atomic mass is 32.1. The van der Waals surface area contributed by atoms with Gasteiger partial charge in [-0.1, -0.05) is 0 Å². The van der Waals surface area contributed by atoms with Gasteiger partial charge in [0.05, 0.1) is 25.6 Å². The standard InChI is InChI=1S/C25H24N4O4S/c1-32-20-7-3-17(4-8-20)22-11-12-24(31)29(28-22)15-23(30)26-14-13-19-16-34-25(27-19)18-5-9-21(33-2)10-6-18/h3-12,16H,13-15H2,1-2H3,(H,26,30). The Hall–Kier alpha value is -3.98. The van der Waals surface area contributed by atoms with Gasteiger partial charge in [0.2, 0.25) is 5.91 Å². The molecule has 8 nitrogen and oxygen atoms in total. The molecule has 0 saturated carbocycles. The van der Waals surface area contributed by atoms with Gasteiger partial charge in [-0.05, 0) is 54.6 Å². The van der Waals surface area contributed by atoms with Crippen LogP contribution in [0.2, 0.25) is 0 Å². The smallest absolute Gasteiger partial charge is 0.267 e. The van der Waals surface area contributed by atoms with Crippen LogP contribution in [0.5, 0.6) is 11.5 Å². The fraction of sp³-hybridized carbons (Fsp3) is 0.200. The van der Waals surface area contributed by atoms with E-state index in [1.54, 1.807) is 31.6 Å². The van der Waals surface area contributed by atoms with Crippen molar-refractivity contribution in [2.45, 2.75) is 13.0 Å². The van der Waals surface area contributed by atoms with E-state index in [2.05, 4.69) is 15.4 Å². The van der Waals surface area contributed by atoms with Gasteiger partial charge >= 0.3 is 0 Å². The zero-order valence-corrected chi connectivity index (χ0v) is 19.7. The first-order valence-corrected chi connectivity index (χ1v) is 11.5. The van der Waals surface area contributed by atoms with E-state index in [0.29, 0.717) is 18.7 Å². The van der Waals surface area contributed by atoms with Gasteiger partial charge in [-0.25, -0.2) is 9.67 Å². The van der Waals surface area contributed by atoms with Crippen molar-refractivity contribution in [1.29, 1.82) is 0 Å². The van der Waals surface area contributed by atoms with Crippen molar-refractivity contribution in [1.82, 2.24) is 20.1 Å². The summed E-state index contributed by atoms with van der Waals surface area (Å²) in [4.78, 5) is 29.3. The van der Waals surface area contributed by atoms with Gasteiger partial charge in [-0.15, -0.1) is 11.3 Å².